The Labute approximate surface area is 109 Å². The highest BCUT2D eigenvalue weighted by Crippen LogP contribution is 2.30. The molecule has 2 nitrogen and oxygen atoms in total. The third-order valence-electron chi connectivity index (χ3n) is 3.24. The number of rotatable bonds is 1. The predicted octanol–water partition coefficient (Wildman–Crippen LogP) is 4.36. The molecular formula is C16H21NO. The van der Waals surface area contributed by atoms with Crippen LogP contribution in [0.5, 0.6) is 5.75 Å². The van der Waals surface area contributed by atoms with Gasteiger partial charge < -0.3 is 5.11 Å². The summed E-state index contributed by atoms with van der Waals surface area (Å²) in [5.41, 5.74) is 3.09. The molecule has 1 aromatic carbocycles. The van der Waals surface area contributed by atoms with Gasteiger partial charge in [0.05, 0.1) is 11.2 Å². The molecule has 2 heteroatoms. The smallest absolute Gasteiger partial charge is 0.137 e. The SMILES string of the molecule is CC(C)c1nc2ccc(C(C)(C)C)cc2cc1O. The molecule has 2 rings (SSSR count). The van der Waals surface area contributed by atoms with Gasteiger partial charge in [-0.25, -0.2) is 4.98 Å². The minimum atomic E-state index is 0.112. The first-order chi connectivity index (χ1) is 8.29. The van der Waals surface area contributed by atoms with E-state index in [9.17, 15) is 5.11 Å². The Morgan fingerprint density at radius 3 is 2.33 bits per heavy atom. The van der Waals surface area contributed by atoms with E-state index in [1.54, 1.807) is 0 Å². The molecule has 0 aliphatic carbocycles. The molecule has 0 amide bonds. The summed E-state index contributed by atoms with van der Waals surface area (Å²) in [6.45, 7) is 10.6. The highest BCUT2D eigenvalue weighted by Gasteiger charge is 2.15. The fourth-order valence-corrected chi connectivity index (χ4v) is 2.07. The average molecular weight is 243 g/mol. The Bertz CT molecular complexity index is 579. The number of hydrogen-bond acceptors (Lipinski definition) is 2. The summed E-state index contributed by atoms with van der Waals surface area (Å²) in [5.74, 6) is 0.528. The van der Waals surface area contributed by atoms with Crippen molar-refractivity contribution in [3.8, 4) is 5.75 Å². The van der Waals surface area contributed by atoms with Crippen LogP contribution in [0.15, 0.2) is 24.3 Å². The lowest BCUT2D eigenvalue weighted by Gasteiger charge is -2.19. The lowest BCUT2D eigenvalue weighted by molar-refractivity contribution is 0.461. The van der Waals surface area contributed by atoms with Crippen molar-refractivity contribution in [3.63, 3.8) is 0 Å². The summed E-state index contributed by atoms with van der Waals surface area (Å²) in [6, 6.07) is 8.11. The van der Waals surface area contributed by atoms with E-state index in [4.69, 9.17) is 0 Å². The molecule has 0 aliphatic rings. The average Bonchev–Trinajstić information content (AvgIpc) is 2.25. The molecule has 0 bridgehead atoms. The first-order valence-electron chi connectivity index (χ1n) is 6.43. The normalized spacial score (nSPS) is 12.3. The fourth-order valence-electron chi connectivity index (χ4n) is 2.07. The van der Waals surface area contributed by atoms with Crippen molar-refractivity contribution in [1.29, 1.82) is 0 Å². The third-order valence-corrected chi connectivity index (χ3v) is 3.24. The first-order valence-corrected chi connectivity index (χ1v) is 6.43. The van der Waals surface area contributed by atoms with Crippen molar-refractivity contribution in [2.75, 3.05) is 0 Å². The number of aromatic hydroxyl groups is 1. The van der Waals surface area contributed by atoms with E-state index >= 15 is 0 Å². The summed E-state index contributed by atoms with van der Waals surface area (Å²) in [5, 5.41) is 11.0. The van der Waals surface area contributed by atoms with Gasteiger partial charge >= 0.3 is 0 Å². The summed E-state index contributed by atoms with van der Waals surface area (Å²) < 4.78 is 0. The van der Waals surface area contributed by atoms with Crippen molar-refractivity contribution >= 4 is 10.9 Å². The molecule has 0 atom stereocenters. The second-order valence-corrected chi connectivity index (χ2v) is 6.20. The number of aromatic nitrogens is 1. The number of nitrogens with zero attached hydrogens (tertiary/aromatic N) is 1. The maximum absolute atomic E-state index is 10.0. The Hall–Kier alpha value is -1.57. The Morgan fingerprint density at radius 2 is 1.78 bits per heavy atom. The molecule has 1 heterocycles. The van der Waals surface area contributed by atoms with Gasteiger partial charge in [0.15, 0.2) is 0 Å². The van der Waals surface area contributed by atoms with Crippen LogP contribution in [0.25, 0.3) is 10.9 Å². The largest absolute Gasteiger partial charge is 0.506 e. The molecule has 18 heavy (non-hydrogen) atoms. The van der Waals surface area contributed by atoms with Crippen molar-refractivity contribution < 1.29 is 5.11 Å². The van der Waals surface area contributed by atoms with Crippen LogP contribution in [-0.2, 0) is 5.41 Å². The van der Waals surface area contributed by atoms with Gasteiger partial charge in [0.1, 0.15) is 5.75 Å². The minimum Gasteiger partial charge on any atom is -0.506 e. The fraction of sp³-hybridized carbons (Fsp3) is 0.438. The second-order valence-electron chi connectivity index (χ2n) is 6.20. The highest BCUT2D eigenvalue weighted by atomic mass is 16.3. The van der Waals surface area contributed by atoms with Crippen LogP contribution in [0.3, 0.4) is 0 Å². The van der Waals surface area contributed by atoms with E-state index in [1.807, 2.05) is 26.0 Å². The zero-order chi connectivity index (χ0) is 13.5. The molecule has 0 saturated heterocycles. The number of pyridine rings is 1. The van der Waals surface area contributed by atoms with Crippen molar-refractivity contribution in [2.45, 2.75) is 46.0 Å². The summed E-state index contributed by atoms with van der Waals surface area (Å²) in [4.78, 5) is 4.55. The summed E-state index contributed by atoms with van der Waals surface area (Å²) in [6.07, 6.45) is 0. The maximum Gasteiger partial charge on any atom is 0.137 e. The molecule has 0 spiro atoms. The van der Waals surface area contributed by atoms with E-state index in [0.717, 1.165) is 16.6 Å². The molecule has 1 aromatic heterocycles. The van der Waals surface area contributed by atoms with Crippen LogP contribution >= 0.6 is 0 Å². The number of benzene rings is 1. The van der Waals surface area contributed by atoms with Crippen LogP contribution in [0.1, 0.15) is 51.8 Å². The monoisotopic (exact) mass is 243 g/mol. The van der Waals surface area contributed by atoms with E-state index < -0.39 is 0 Å². The van der Waals surface area contributed by atoms with Gasteiger partial charge in [-0.1, -0.05) is 40.7 Å². The van der Waals surface area contributed by atoms with E-state index in [-0.39, 0.29) is 11.3 Å². The number of fused-ring (bicyclic) bond motifs is 1. The van der Waals surface area contributed by atoms with Crippen molar-refractivity contribution in [2.24, 2.45) is 0 Å². The standard InChI is InChI=1S/C16H21NO/c1-10(2)15-14(18)9-11-8-12(16(3,4)5)6-7-13(11)17-15/h6-10,18H,1-5H3. The van der Waals surface area contributed by atoms with E-state index in [2.05, 4.69) is 37.9 Å². The van der Waals surface area contributed by atoms with Crippen molar-refractivity contribution in [3.05, 3.63) is 35.5 Å². The topological polar surface area (TPSA) is 33.1 Å². The van der Waals surface area contributed by atoms with Crippen LogP contribution in [0, 0.1) is 0 Å². The van der Waals surface area contributed by atoms with Crippen LogP contribution in [0.4, 0.5) is 0 Å². The molecule has 96 valence electrons. The minimum absolute atomic E-state index is 0.112. The van der Waals surface area contributed by atoms with E-state index in [1.165, 1.54) is 5.56 Å². The molecule has 0 fully saturated rings. The lowest BCUT2D eigenvalue weighted by Crippen LogP contribution is -2.10. The van der Waals surface area contributed by atoms with Crippen LogP contribution < -0.4 is 0 Å². The van der Waals surface area contributed by atoms with Crippen LogP contribution in [0.2, 0.25) is 0 Å². The molecule has 0 unspecified atom stereocenters. The quantitative estimate of drug-likeness (QED) is 0.807. The zero-order valence-electron chi connectivity index (χ0n) is 11.8. The molecule has 2 aromatic rings. The van der Waals surface area contributed by atoms with Gasteiger partial charge in [-0.3, -0.25) is 0 Å². The van der Waals surface area contributed by atoms with Crippen molar-refractivity contribution in [1.82, 2.24) is 4.98 Å². The highest BCUT2D eigenvalue weighted by molar-refractivity contribution is 5.81. The molecule has 0 aliphatic heterocycles. The van der Waals surface area contributed by atoms with Gasteiger partial charge in [-0.2, -0.15) is 0 Å². The Morgan fingerprint density at radius 1 is 1.11 bits per heavy atom. The molecular weight excluding hydrogens is 222 g/mol. The Kier molecular flexibility index (Phi) is 3.05. The summed E-state index contributed by atoms with van der Waals surface area (Å²) >= 11 is 0. The molecule has 1 N–H and O–H groups in total. The molecule has 0 radical (unpaired) electrons. The van der Waals surface area contributed by atoms with E-state index in [0.29, 0.717) is 5.75 Å². The second kappa shape index (κ2) is 4.27. The first kappa shape index (κ1) is 12.9. The van der Waals surface area contributed by atoms with Gasteiger partial charge in [-0.15, -0.1) is 0 Å². The predicted molar refractivity (Wildman–Crippen MR) is 76.2 cm³/mol. The van der Waals surface area contributed by atoms with Gasteiger partial charge in [0.2, 0.25) is 0 Å². The van der Waals surface area contributed by atoms with Crippen LogP contribution in [-0.4, -0.2) is 10.1 Å². The van der Waals surface area contributed by atoms with Gasteiger partial charge in [0.25, 0.3) is 0 Å². The van der Waals surface area contributed by atoms with Gasteiger partial charge in [0, 0.05) is 5.39 Å². The number of hydrogen-bond donors (Lipinski definition) is 1. The third kappa shape index (κ3) is 2.33. The zero-order valence-corrected chi connectivity index (χ0v) is 11.8. The maximum atomic E-state index is 10.0. The van der Waals surface area contributed by atoms with Gasteiger partial charge in [-0.05, 0) is 35.1 Å². The molecule has 0 saturated carbocycles. The summed E-state index contributed by atoms with van der Waals surface area (Å²) in [7, 11) is 0. The Balaban J connectivity index is 2.63. The lowest BCUT2D eigenvalue weighted by atomic mass is 9.86.